The number of benzene rings is 1. The van der Waals surface area contributed by atoms with Crippen molar-refractivity contribution in [2.24, 2.45) is 4.99 Å². The van der Waals surface area contributed by atoms with E-state index in [-0.39, 0.29) is 11.8 Å². The van der Waals surface area contributed by atoms with Crippen molar-refractivity contribution in [2.75, 3.05) is 73.5 Å². The summed E-state index contributed by atoms with van der Waals surface area (Å²) < 4.78 is 0. The zero-order chi connectivity index (χ0) is 22.2. The Balaban J connectivity index is 1.42. The molecule has 0 aromatic heterocycles. The summed E-state index contributed by atoms with van der Waals surface area (Å²) >= 11 is 0. The van der Waals surface area contributed by atoms with Crippen molar-refractivity contribution in [1.82, 2.24) is 24.9 Å². The number of aliphatic imine (C=N–C) groups is 1. The average molecular weight is 429 g/mol. The van der Waals surface area contributed by atoms with Crippen LogP contribution in [0, 0.1) is 0 Å². The van der Waals surface area contributed by atoms with E-state index in [9.17, 15) is 9.59 Å². The summed E-state index contributed by atoms with van der Waals surface area (Å²) in [5.74, 6) is 1.18. The predicted octanol–water partition coefficient (Wildman–Crippen LogP) is 0.746. The van der Waals surface area contributed by atoms with Crippen LogP contribution in [0.1, 0.15) is 28.8 Å². The summed E-state index contributed by atoms with van der Waals surface area (Å²) in [6.07, 6.45) is 3.09. The number of hydrogen-bond acceptors (Lipinski definition) is 4. The molecule has 0 radical (unpaired) electrons. The maximum absolute atomic E-state index is 12.4. The molecular weight excluding hydrogens is 392 g/mol. The Morgan fingerprint density at radius 1 is 1.03 bits per heavy atom. The van der Waals surface area contributed by atoms with Crippen molar-refractivity contribution < 1.29 is 9.59 Å². The minimum Gasteiger partial charge on any atom is -0.356 e. The molecule has 2 fully saturated rings. The molecule has 0 spiro atoms. The molecule has 2 aliphatic heterocycles. The lowest BCUT2D eigenvalue weighted by molar-refractivity contribution is -0.131. The van der Waals surface area contributed by atoms with Gasteiger partial charge in [-0.05, 0) is 37.0 Å². The van der Waals surface area contributed by atoms with Crippen molar-refractivity contribution in [3.8, 4) is 0 Å². The van der Waals surface area contributed by atoms with E-state index in [4.69, 9.17) is 0 Å². The van der Waals surface area contributed by atoms with Crippen LogP contribution in [-0.4, -0.2) is 111 Å². The van der Waals surface area contributed by atoms with Crippen LogP contribution < -0.4 is 5.32 Å². The van der Waals surface area contributed by atoms with E-state index in [1.807, 2.05) is 36.2 Å². The van der Waals surface area contributed by atoms with E-state index >= 15 is 0 Å². The molecule has 0 bridgehead atoms. The smallest absolute Gasteiger partial charge is 0.253 e. The number of piperazine rings is 1. The van der Waals surface area contributed by atoms with Gasteiger partial charge in [-0.15, -0.1) is 0 Å². The Bertz CT molecular complexity index is 780. The topological polar surface area (TPSA) is 71.5 Å². The minimum absolute atomic E-state index is 0.0201. The lowest BCUT2D eigenvalue weighted by Gasteiger charge is -2.36. The molecular formula is C23H36N6O2. The van der Waals surface area contributed by atoms with Crippen molar-refractivity contribution in [3.05, 3.63) is 35.4 Å². The number of carbonyl (C=O) groups excluding carboxylic acids is 2. The molecule has 2 heterocycles. The van der Waals surface area contributed by atoms with Crippen LogP contribution in [0.5, 0.6) is 0 Å². The molecule has 31 heavy (non-hydrogen) atoms. The first-order valence-electron chi connectivity index (χ1n) is 11.2. The third-order valence-corrected chi connectivity index (χ3v) is 5.98. The van der Waals surface area contributed by atoms with E-state index < -0.39 is 0 Å². The van der Waals surface area contributed by atoms with Crippen molar-refractivity contribution in [3.63, 3.8) is 0 Å². The Morgan fingerprint density at radius 2 is 1.74 bits per heavy atom. The fraction of sp³-hybridized carbons (Fsp3) is 0.609. The maximum atomic E-state index is 12.4. The molecule has 1 N–H and O–H groups in total. The number of likely N-dealkylation sites (tertiary alicyclic amines) is 1. The third kappa shape index (κ3) is 6.43. The highest BCUT2D eigenvalue weighted by atomic mass is 16.2. The van der Waals surface area contributed by atoms with Crippen molar-refractivity contribution >= 4 is 17.8 Å². The second kappa shape index (κ2) is 11.1. The second-order valence-electron chi connectivity index (χ2n) is 8.48. The van der Waals surface area contributed by atoms with Gasteiger partial charge in [0.2, 0.25) is 5.91 Å². The fourth-order valence-corrected chi connectivity index (χ4v) is 4.14. The molecule has 2 amide bonds. The fourth-order valence-electron chi connectivity index (χ4n) is 4.14. The minimum atomic E-state index is 0.0201. The molecule has 2 saturated heterocycles. The van der Waals surface area contributed by atoms with Gasteiger partial charge in [-0.1, -0.05) is 12.1 Å². The lowest BCUT2D eigenvalue weighted by atomic mass is 10.1. The summed E-state index contributed by atoms with van der Waals surface area (Å²) in [7, 11) is 5.34. The first kappa shape index (κ1) is 23.1. The van der Waals surface area contributed by atoms with Gasteiger partial charge in [-0.2, -0.15) is 0 Å². The van der Waals surface area contributed by atoms with Gasteiger partial charge in [0.05, 0.1) is 6.54 Å². The molecule has 0 aliphatic carbocycles. The van der Waals surface area contributed by atoms with Crippen LogP contribution in [0.2, 0.25) is 0 Å². The number of guanidine groups is 1. The number of nitrogens with one attached hydrogen (secondary N) is 1. The molecule has 0 saturated carbocycles. The molecule has 1 aromatic rings. The zero-order valence-electron chi connectivity index (χ0n) is 19.1. The largest absolute Gasteiger partial charge is 0.356 e. The highest BCUT2D eigenvalue weighted by molar-refractivity contribution is 5.94. The van der Waals surface area contributed by atoms with Gasteiger partial charge in [-0.3, -0.25) is 19.5 Å². The summed E-state index contributed by atoms with van der Waals surface area (Å²) in [5, 5.41) is 3.45. The molecule has 1 aromatic carbocycles. The molecule has 0 unspecified atom stereocenters. The first-order valence-corrected chi connectivity index (χ1v) is 11.2. The van der Waals surface area contributed by atoms with Gasteiger partial charge in [0.1, 0.15) is 0 Å². The monoisotopic (exact) mass is 428 g/mol. The highest BCUT2D eigenvalue weighted by Gasteiger charge is 2.24. The Labute approximate surface area is 185 Å². The Hall–Kier alpha value is -2.61. The molecule has 0 atom stereocenters. The standard InChI is InChI=1S/C23H36N6O2/c1-24-23(25-10-9-19-7-6-8-20(17-19)22(31)26(2)3)29-15-13-27(14-16-29)18-21(30)28-11-4-5-12-28/h6-8,17H,4-5,9-16,18H2,1-3H3,(H,24,25). The Kier molecular flexibility index (Phi) is 8.28. The summed E-state index contributed by atoms with van der Waals surface area (Å²) in [6, 6.07) is 7.80. The summed E-state index contributed by atoms with van der Waals surface area (Å²) in [5.41, 5.74) is 1.84. The molecule has 170 valence electrons. The second-order valence-corrected chi connectivity index (χ2v) is 8.48. The van der Waals surface area contributed by atoms with Crippen LogP contribution in [-0.2, 0) is 11.2 Å². The normalized spacial score (nSPS) is 17.7. The predicted molar refractivity (Wildman–Crippen MR) is 123 cm³/mol. The van der Waals surface area contributed by atoms with Gasteiger partial charge in [0.15, 0.2) is 5.96 Å². The number of nitrogens with zero attached hydrogens (tertiary/aromatic N) is 5. The molecule has 2 aliphatic rings. The van der Waals surface area contributed by atoms with Crippen LogP contribution >= 0.6 is 0 Å². The van der Waals surface area contributed by atoms with E-state index in [1.54, 1.807) is 19.0 Å². The van der Waals surface area contributed by atoms with Gasteiger partial charge in [0, 0.05) is 72.5 Å². The SMILES string of the molecule is CN=C(NCCc1cccc(C(=O)N(C)C)c1)N1CCN(CC(=O)N2CCCC2)CC1. The first-order chi connectivity index (χ1) is 15.0. The zero-order valence-corrected chi connectivity index (χ0v) is 19.1. The number of hydrogen-bond donors (Lipinski definition) is 1. The molecule has 3 rings (SSSR count). The van der Waals surface area contributed by atoms with E-state index in [0.29, 0.717) is 12.1 Å². The van der Waals surface area contributed by atoms with Crippen LogP contribution in [0.3, 0.4) is 0 Å². The van der Waals surface area contributed by atoms with Crippen LogP contribution in [0.15, 0.2) is 29.3 Å². The Morgan fingerprint density at radius 3 is 2.39 bits per heavy atom. The number of amides is 2. The summed E-state index contributed by atoms with van der Waals surface area (Å²) in [4.78, 5) is 37.1. The quantitative estimate of drug-likeness (QED) is 0.535. The maximum Gasteiger partial charge on any atom is 0.253 e. The molecule has 8 heteroatoms. The third-order valence-electron chi connectivity index (χ3n) is 5.98. The van der Waals surface area contributed by atoms with E-state index in [2.05, 4.69) is 20.1 Å². The highest BCUT2D eigenvalue weighted by Crippen LogP contribution is 2.10. The van der Waals surface area contributed by atoms with Crippen molar-refractivity contribution in [2.45, 2.75) is 19.3 Å². The van der Waals surface area contributed by atoms with E-state index in [0.717, 1.165) is 76.6 Å². The van der Waals surface area contributed by atoms with E-state index in [1.165, 1.54) is 0 Å². The van der Waals surface area contributed by atoms with Crippen molar-refractivity contribution in [1.29, 1.82) is 0 Å². The molecule has 8 nitrogen and oxygen atoms in total. The van der Waals surface area contributed by atoms with Gasteiger partial charge < -0.3 is 20.0 Å². The van der Waals surface area contributed by atoms with Crippen LogP contribution in [0.4, 0.5) is 0 Å². The number of rotatable bonds is 6. The summed E-state index contributed by atoms with van der Waals surface area (Å²) in [6.45, 7) is 6.58. The average Bonchev–Trinajstić information content (AvgIpc) is 3.32. The van der Waals surface area contributed by atoms with Gasteiger partial charge in [-0.25, -0.2) is 0 Å². The van der Waals surface area contributed by atoms with Gasteiger partial charge in [0.25, 0.3) is 5.91 Å². The van der Waals surface area contributed by atoms with Gasteiger partial charge >= 0.3 is 0 Å². The lowest BCUT2D eigenvalue weighted by Crippen LogP contribution is -2.54. The van der Waals surface area contributed by atoms with Crippen LogP contribution in [0.25, 0.3) is 0 Å². The number of carbonyl (C=O) groups is 2.